The Morgan fingerprint density at radius 2 is 1.89 bits per heavy atom. The molecule has 3 heteroatoms. The minimum atomic E-state index is 0.314. The fraction of sp³-hybridized carbons (Fsp3) is 0.625. The number of benzene rings is 1. The molecule has 19 heavy (non-hydrogen) atoms. The Balaban J connectivity index is 2.12. The second-order valence-electron chi connectivity index (χ2n) is 5.53. The van der Waals surface area contributed by atoms with Crippen molar-refractivity contribution in [2.75, 3.05) is 36.5 Å². The third-order valence-corrected chi connectivity index (χ3v) is 4.07. The standard InChI is InChI=1S/C16H26N2O/c1-14-10-12-17(2)15-8-4-5-9-16(15)18(14)11-6-3-7-13-19/h4-5,8-9,14,19H,3,6-7,10-13H2,1-2H3. The highest BCUT2D eigenvalue weighted by atomic mass is 16.2. The first kappa shape index (κ1) is 14.2. The van der Waals surface area contributed by atoms with Crippen molar-refractivity contribution < 1.29 is 5.11 Å². The van der Waals surface area contributed by atoms with E-state index in [2.05, 4.69) is 48.0 Å². The minimum absolute atomic E-state index is 0.314. The number of hydrogen-bond acceptors (Lipinski definition) is 3. The molecule has 1 aliphatic heterocycles. The van der Waals surface area contributed by atoms with Crippen LogP contribution < -0.4 is 9.80 Å². The maximum Gasteiger partial charge on any atom is 0.0606 e. The first-order chi connectivity index (χ1) is 9.24. The Hall–Kier alpha value is -1.22. The minimum Gasteiger partial charge on any atom is -0.396 e. The van der Waals surface area contributed by atoms with E-state index in [1.54, 1.807) is 0 Å². The van der Waals surface area contributed by atoms with Crippen LogP contribution in [0.25, 0.3) is 0 Å². The lowest BCUT2D eigenvalue weighted by Crippen LogP contribution is -2.33. The van der Waals surface area contributed by atoms with Crippen LogP contribution >= 0.6 is 0 Å². The van der Waals surface area contributed by atoms with Gasteiger partial charge in [0.2, 0.25) is 0 Å². The Kier molecular flexibility index (Phi) is 5.08. The number of aliphatic hydroxyl groups is 1. The van der Waals surface area contributed by atoms with Crippen molar-refractivity contribution in [3.05, 3.63) is 24.3 Å². The van der Waals surface area contributed by atoms with Gasteiger partial charge >= 0.3 is 0 Å². The van der Waals surface area contributed by atoms with Gasteiger partial charge in [-0.15, -0.1) is 0 Å². The van der Waals surface area contributed by atoms with Gasteiger partial charge in [0, 0.05) is 32.8 Å². The summed E-state index contributed by atoms with van der Waals surface area (Å²) < 4.78 is 0. The molecule has 1 atom stereocenters. The van der Waals surface area contributed by atoms with Crippen molar-refractivity contribution in [2.24, 2.45) is 0 Å². The molecular weight excluding hydrogens is 236 g/mol. The van der Waals surface area contributed by atoms with E-state index >= 15 is 0 Å². The molecule has 0 saturated carbocycles. The monoisotopic (exact) mass is 262 g/mol. The molecule has 0 aliphatic carbocycles. The number of unbranched alkanes of at least 4 members (excludes halogenated alkanes) is 2. The van der Waals surface area contributed by atoms with Gasteiger partial charge in [0.05, 0.1) is 11.4 Å². The molecule has 1 aromatic carbocycles. The maximum atomic E-state index is 8.87. The van der Waals surface area contributed by atoms with Crippen molar-refractivity contribution in [2.45, 2.75) is 38.6 Å². The van der Waals surface area contributed by atoms with Crippen molar-refractivity contribution >= 4 is 11.4 Å². The van der Waals surface area contributed by atoms with E-state index in [0.717, 1.165) is 32.4 Å². The molecule has 3 nitrogen and oxygen atoms in total. The number of anilines is 2. The highest BCUT2D eigenvalue weighted by molar-refractivity contribution is 5.72. The molecule has 1 heterocycles. The van der Waals surface area contributed by atoms with Gasteiger partial charge in [0.25, 0.3) is 0 Å². The van der Waals surface area contributed by atoms with Gasteiger partial charge in [0.15, 0.2) is 0 Å². The van der Waals surface area contributed by atoms with Crippen molar-refractivity contribution in [3.63, 3.8) is 0 Å². The smallest absolute Gasteiger partial charge is 0.0606 e. The van der Waals surface area contributed by atoms with Crippen LogP contribution in [0.5, 0.6) is 0 Å². The number of fused-ring (bicyclic) bond motifs is 1. The van der Waals surface area contributed by atoms with Crippen LogP contribution in [-0.4, -0.2) is 37.9 Å². The van der Waals surface area contributed by atoms with Gasteiger partial charge in [-0.05, 0) is 44.7 Å². The zero-order chi connectivity index (χ0) is 13.7. The lowest BCUT2D eigenvalue weighted by molar-refractivity contribution is 0.283. The SMILES string of the molecule is CC1CCN(C)c2ccccc2N1CCCCCO. The zero-order valence-electron chi connectivity index (χ0n) is 12.2. The van der Waals surface area contributed by atoms with Gasteiger partial charge in [-0.2, -0.15) is 0 Å². The Morgan fingerprint density at radius 3 is 2.63 bits per heavy atom. The summed E-state index contributed by atoms with van der Waals surface area (Å²) >= 11 is 0. The van der Waals surface area contributed by atoms with E-state index in [-0.39, 0.29) is 0 Å². The number of nitrogens with zero attached hydrogens (tertiary/aromatic N) is 2. The average molecular weight is 262 g/mol. The molecule has 0 fully saturated rings. The lowest BCUT2D eigenvalue weighted by Gasteiger charge is -2.30. The lowest BCUT2D eigenvalue weighted by atomic mass is 10.1. The first-order valence-electron chi connectivity index (χ1n) is 7.41. The summed E-state index contributed by atoms with van der Waals surface area (Å²) in [6.07, 6.45) is 4.38. The fourth-order valence-corrected chi connectivity index (χ4v) is 2.84. The fourth-order valence-electron chi connectivity index (χ4n) is 2.84. The molecule has 1 aromatic rings. The molecule has 2 rings (SSSR count). The van der Waals surface area contributed by atoms with Crippen molar-refractivity contribution in [1.82, 2.24) is 0 Å². The largest absolute Gasteiger partial charge is 0.396 e. The molecule has 0 saturated heterocycles. The molecule has 1 unspecified atom stereocenters. The molecule has 1 N–H and O–H groups in total. The summed E-state index contributed by atoms with van der Waals surface area (Å²) in [7, 11) is 2.18. The summed E-state index contributed by atoms with van der Waals surface area (Å²) in [5.74, 6) is 0. The van der Waals surface area contributed by atoms with Crippen molar-refractivity contribution in [1.29, 1.82) is 0 Å². The molecule has 0 amide bonds. The second-order valence-corrected chi connectivity index (χ2v) is 5.53. The van der Waals surface area contributed by atoms with Gasteiger partial charge in [0.1, 0.15) is 0 Å². The molecular formula is C16H26N2O. The van der Waals surface area contributed by atoms with Crippen LogP contribution in [0.1, 0.15) is 32.6 Å². The Bertz CT molecular complexity index is 394. The normalized spacial score (nSPS) is 19.2. The van der Waals surface area contributed by atoms with Gasteiger partial charge in [-0.25, -0.2) is 0 Å². The molecule has 0 radical (unpaired) electrons. The summed E-state index contributed by atoms with van der Waals surface area (Å²) in [6.45, 7) is 4.84. The first-order valence-corrected chi connectivity index (χ1v) is 7.41. The Labute approximate surface area is 116 Å². The van der Waals surface area contributed by atoms with E-state index < -0.39 is 0 Å². The topological polar surface area (TPSA) is 26.7 Å². The summed E-state index contributed by atoms with van der Waals surface area (Å²) in [5.41, 5.74) is 2.70. The quantitative estimate of drug-likeness (QED) is 0.827. The van der Waals surface area contributed by atoms with Gasteiger partial charge in [-0.3, -0.25) is 0 Å². The highest BCUT2D eigenvalue weighted by Crippen LogP contribution is 2.33. The second kappa shape index (κ2) is 6.80. The van der Waals surface area contributed by atoms with Crippen LogP contribution in [0.2, 0.25) is 0 Å². The van der Waals surface area contributed by atoms with Crippen LogP contribution in [0.3, 0.4) is 0 Å². The molecule has 0 bridgehead atoms. The maximum absolute atomic E-state index is 8.87. The van der Waals surface area contributed by atoms with E-state index in [9.17, 15) is 0 Å². The predicted molar refractivity (Wildman–Crippen MR) is 82.1 cm³/mol. The Morgan fingerprint density at radius 1 is 1.16 bits per heavy atom. The molecule has 0 aromatic heterocycles. The summed E-state index contributed by atoms with van der Waals surface area (Å²) in [6, 6.07) is 9.29. The number of aliphatic hydroxyl groups excluding tert-OH is 1. The number of hydrogen-bond donors (Lipinski definition) is 1. The molecule has 0 spiro atoms. The predicted octanol–water partition coefficient (Wildman–Crippen LogP) is 2.88. The number of para-hydroxylation sites is 2. The zero-order valence-corrected chi connectivity index (χ0v) is 12.2. The van der Waals surface area contributed by atoms with Crippen LogP contribution in [-0.2, 0) is 0 Å². The van der Waals surface area contributed by atoms with Crippen LogP contribution in [0.4, 0.5) is 11.4 Å². The molecule has 1 aliphatic rings. The third-order valence-electron chi connectivity index (χ3n) is 4.07. The van der Waals surface area contributed by atoms with Crippen molar-refractivity contribution in [3.8, 4) is 0 Å². The van der Waals surface area contributed by atoms with Gasteiger partial charge < -0.3 is 14.9 Å². The highest BCUT2D eigenvalue weighted by Gasteiger charge is 2.22. The van der Waals surface area contributed by atoms with Crippen LogP contribution in [0, 0.1) is 0 Å². The van der Waals surface area contributed by atoms with Crippen LogP contribution in [0.15, 0.2) is 24.3 Å². The summed E-state index contributed by atoms with van der Waals surface area (Å²) in [4.78, 5) is 4.90. The number of rotatable bonds is 5. The van der Waals surface area contributed by atoms with Gasteiger partial charge in [-0.1, -0.05) is 12.1 Å². The molecule has 106 valence electrons. The summed E-state index contributed by atoms with van der Waals surface area (Å²) in [5, 5.41) is 8.87. The average Bonchev–Trinajstić information content (AvgIpc) is 2.55. The van der Waals surface area contributed by atoms with E-state index in [1.807, 2.05) is 0 Å². The van der Waals surface area contributed by atoms with E-state index in [1.165, 1.54) is 17.8 Å². The third kappa shape index (κ3) is 3.41. The van der Waals surface area contributed by atoms with E-state index in [0.29, 0.717) is 12.6 Å². The van der Waals surface area contributed by atoms with E-state index in [4.69, 9.17) is 5.11 Å².